The van der Waals surface area contributed by atoms with Crippen LogP contribution in [-0.2, 0) is 15.2 Å². The van der Waals surface area contributed by atoms with E-state index in [-0.39, 0.29) is 51.8 Å². The molecule has 2 amide bonds. The van der Waals surface area contributed by atoms with Gasteiger partial charge < -0.3 is 15.1 Å². The van der Waals surface area contributed by atoms with E-state index in [4.69, 9.17) is 28.0 Å². The van der Waals surface area contributed by atoms with Crippen LogP contribution >= 0.6 is 23.2 Å². The first-order chi connectivity index (χ1) is 18.1. The fraction of sp³-hybridized carbons (Fsp3) is 0.400. The van der Waals surface area contributed by atoms with Crippen molar-refractivity contribution in [3.8, 4) is 0 Å². The van der Waals surface area contributed by atoms with Crippen molar-refractivity contribution in [2.24, 2.45) is 5.16 Å². The average molecular weight is 596 g/mol. The van der Waals surface area contributed by atoms with Crippen LogP contribution in [0.25, 0.3) is 0 Å². The van der Waals surface area contributed by atoms with Crippen LogP contribution in [0.3, 0.4) is 0 Å². The van der Waals surface area contributed by atoms with Gasteiger partial charge >= 0.3 is 12.4 Å². The van der Waals surface area contributed by atoms with Crippen LogP contribution in [0.2, 0.25) is 10.0 Å². The molecule has 2 unspecified atom stereocenters. The third-order valence-electron chi connectivity index (χ3n) is 6.67. The first kappa shape index (κ1) is 29.0. The quantitative estimate of drug-likeness (QED) is 0.420. The predicted molar refractivity (Wildman–Crippen MR) is 131 cm³/mol. The van der Waals surface area contributed by atoms with Crippen molar-refractivity contribution in [1.29, 1.82) is 0 Å². The van der Waals surface area contributed by atoms with Gasteiger partial charge in [-0.3, -0.25) is 9.59 Å². The molecule has 0 radical (unpaired) electrons. The SMILES string of the molecule is Cc1cc(C2=NOC(c3cc(Cl)cc(Cl)c3)(C(F)(F)F)C2)ccc1C(=O)NCC(=O)N1CCCC1C(F)(F)F. The van der Waals surface area contributed by atoms with Crippen LogP contribution < -0.4 is 5.32 Å². The van der Waals surface area contributed by atoms with Gasteiger partial charge in [0.1, 0.15) is 6.04 Å². The molecule has 2 aromatic rings. The predicted octanol–water partition coefficient (Wildman–Crippen LogP) is 6.17. The smallest absolute Gasteiger partial charge is 0.374 e. The molecule has 2 atom stereocenters. The van der Waals surface area contributed by atoms with Gasteiger partial charge in [0.2, 0.25) is 5.91 Å². The molecular formula is C25H21Cl2F6N3O3. The second kappa shape index (κ2) is 10.5. The minimum atomic E-state index is -4.88. The summed E-state index contributed by atoms with van der Waals surface area (Å²) in [5.41, 5.74) is -2.52. The third kappa shape index (κ3) is 5.81. The summed E-state index contributed by atoms with van der Waals surface area (Å²) in [6.45, 7) is 0.825. The summed E-state index contributed by atoms with van der Waals surface area (Å²) in [6, 6.07) is 5.71. The van der Waals surface area contributed by atoms with E-state index in [1.165, 1.54) is 31.2 Å². The summed E-state index contributed by atoms with van der Waals surface area (Å²) in [7, 11) is 0. The molecule has 39 heavy (non-hydrogen) atoms. The van der Waals surface area contributed by atoms with Crippen molar-refractivity contribution in [2.45, 2.75) is 50.2 Å². The summed E-state index contributed by atoms with van der Waals surface area (Å²) in [4.78, 5) is 30.7. The highest BCUT2D eigenvalue weighted by atomic mass is 35.5. The molecule has 0 bridgehead atoms. The lowest BCUT2D eigenvalue weighted by molar-refractivity contribution is -0.275. The Labute approximate surface area is 228 Å². The Morgan fingerprint density at radius 3 is 2.36 bits per heavy atom. The highest BCUT2D eigenvalue weighted by Crippen LogP contribution is 2.49. The lowest BCUT2D eigenvalue weighted by atomic mass is 9.86. The molecule has 0 aliphatic carbocycles. The van der Waals surface area contributed by atoms with E-state index in [9.17, 15) is 35.9 Å². The van der Waals surface area contributed by atoms with Crippen molar-refractivity contribution in [2.75, 3.05) is 13.1 Å². The normalized spacial score (nSPS) is 21.5. The second-order valence-corrected chi connectivity index (χ2v) is 10.2. The number of nitrogens with zero attached hydrogens (tertiary/aromatic N) is 2. The number of nitrogens with one attached hydrogen (secondary N) is 1. The zero-order chi connectivity index (χ0) is 28.8. The number of hydrogen-bond acceptors (Lipinski definition) is 4. The number of amides is 2. The molecule has 1 fully saturated rings. The van der Waals surface area contributed by atoms with Crippen molar-refractivity contribution in [3.63, 3.8) is 0 Å². The molecule has 0 aromatic heterocycles. The van der Waals surface area contributed by atoms with E-state index in [2.05, 4.69) is 10.5 Å². The number of aryl methyl sites for hydroxylation is 1. The van der Waals surface area contributed by atoms with E-state index in [0.717, 1.165) is 12.1 Å². The van der Waals surface area contributed by atoms with Crippen LogP contribution in [0.1, 0.15) is 46.3 Å². The molecule has 2 aromatic carbocycles. The van der Waals surface area contributed by atoms with Gasteiger partial charge in [0.25, 0.3) is 11.5 Å². The molecule has 2 heterocycles. The van der Waals surface area contributed by atoms with Gasteiger partial charge in [-0.15, -0.1) is 0 Å². The molecule has 2 aliphatic heterocycles. The summed E-state index contributed by atoms with van der Waals surface area (Å²) in [5, 5.41) is 5.97. The molecule has 0 saturated carbocycles. The minimum absolute atomic E-state index is 0.0125. The molecule has 1 saturated heterocycles. The van der Waals surface area contributed by atoms with E-state index >= 15 is 0 Å². The maximum atomic E-state index is 14.2. The van der Waals surface area contributed by atoms with Gasteiger partial charge in [-0.25, -0.2) is 0 Å². The van der Waals surface area contributed by atoms with Crippen LogP contribution in [0.4, 0.5) is 26.3 Å². The lowest BCUT2D eigenvalue weighted by Gasteiger charge is -2.29. The standard InChI is InChI=1S/C25H21Cl2F6N3O3/c1-13-7-14(19-11-23(39-35-19,25(31,32)33)15-8-16(26)10-17(27)9-15)4-5-18(13)22(38)34-12-21(37)36-6-2-3-20(36)24(28,29)30/h4-5,7-10,20H,2-3,6,11-12H2,1H3,(H,34,38). The summed E-state index contributed by atoms with van der Waals surface area (Å²) in [6.07, 6.45) is -10.1. The maximum Gasteiger partial charge on any atom is 0.435 e. The third-order valence-corrected chi connectivity index (χ3v) is 7.11. The molecule has 2 aliphatic rings. The summed E-state index contributed by atoms with van der Waals surface area (Å²) < 4.78 is 82.0. The Hall–Kier alpha value is -2.99. The Morgan fingerprint density at radius 1 is 1.10 bits per heavy atom. The maximum absolute atomic E-state index is 14.2. The van der Waals surface area contributed by atoms with Crippen molar-refractivity contribution in [3.05, 3.63) is 68.7 Å². The largest absolute Gasteiger partial charge is 0.435 e. The number of halogens is 8. The molecule has 4 rings (SSSR count). The number of benzene rings is 2. The summed E-state index contributed by atoms with van der Waals surface area (Å²) in [5.74, 6) is -1.59. The molecule has 1 N–H and O–H groups in total. The Kier molecular flexibility index (Phi) is 7.83. The van der Waals surface area contributed by atoms with Crippen LogP contribution in [0.15, 0.2) is 41.6 Å². The second-order valence-electron chi connectivity index (χ2n) is 9.29. The van der Waals surface area contributed by atoms with E-state index in [1.54, 1.807) is 0 Å². The number of rotatable bonds is 5. The minimum Gasteiger partial charge on any atom is -0.374 e. The highest BCUT2D eigenvalue weighted by Gasteiger charge is 2.62. The average Bonchev–Trinajstić information content (AvgIpc) is 3.50. The topological polar surface area (TPSA) is 71.0 Å². The zero-order valence-electron chi connectivity index (χ0n) is 20.2. The number of alkyl halides is 6. The Bertz CT molecular complexity index is 1310. The molecular weight excluding hydrogens is 575 g/mol. The lowest BCUT2D eigenvalue weighted by Crippen LogP contribution is -2.48. The van der Waals surface area contributed by atoms with Gasteiger partial charge in [0, 0.05) is 34.1 Å². The van der Waals surface area contributed by atoms with Crippen molar-refractivity contribution in [1.82, 2.24) is 10.2 Å². The zero-order valence-corrected chi connectivity index (χ0v) is 21.7. The van der Waals surface area contributed by atoms with Gasteiger partial charge in [-0.1, -0.05) is 34.4 Å². The number of likely N-dealkylation sites (tertiary alicyclic amines) is 1. The fourth-order valence-electron chi connectivity index (χ4n) is 4.70. The number of carbonyl (C=O) groups excluding carboxylic acids is 2. The van der Waals surface area contributed by atoms with Crippen LogP contribution in [-0.4, -0.2) is 53.9 Å². The highest BCUT2D eigenvalue weighted by molar-refractivity contribution is 6.34. The summed E-state index contributed by atoms with van der Waals surface area (Å²) >= 11 is 11.8. The number of oxime groups is 1. The van der Waals surface area contributed by atoms with Crippen molar-refractivity contribution < 1.29 is 40.8 Å². The van der Waals surface area contributed by atoms with Gasteiger partial charge in [-0.2, -0.15) is 26.3 Å². The fourth-order valence-corrected chi connectivity index (χ4v) is 5.23. The molecule has 6 nitrogen and oxygen atoms in total. The number of hydrogen-bond donors (Lipinski definition) is 1. The van der Waals surface area contributed by atoms with Crippen LogP contribution in [0.5, 0.6) is 0 Å². The monoisotopic (exact) mass is 595 g/mol. The molecule has 14 heteroatoms. The van der Waals surface area contributed by atoms with Gasteiger partial charge in [0.05, 0.1) is 12.3 Å². The van der Waals surface area contributed by atoms with Crippen molar-refractivity contribution >= 4 is 40.7 Å². The first-order valence-electron chi connectivity index (χ1n) is 11.7. The van der Waals surface area contributed by atoms with Gasteiger partial charge in [0.15, 0.2) is 0 Å². The first-order valence-corrected chi connectivity index (χ1v) is 12.4. The van der Waals surface area contributed by atoms with Crippen LogP contribution in [0, 0.1) is 6.92 Å². The Morgan fingerprint density at radius 2 is 1.77 bits per heavy atom. The molecule has 210 valence electrons. The Balaban J connectivity index is 1.47. The molecule has 0 spiro atoms. The van der Waals surface area contributed by atoms with Gasteiger partial charge in [-0.05, 0) is 61.2 Å². The van der Waals surface area contributed by atoms with E-state index in [0.29, 0.717) is 10.5 Å². The van der Waals surface area contributed by atoms with E-state index < -0.39 is 48.8 Å². The number of carbonyl (C=O) groups is 2. The van der Waals surface area contributed by atoms with E-state index in [1.807, 2.05) is 0 Å².